The molecular formula is C26H36N2O4. The van der Waals surface area contributed by atoms with E-state index >= 15 is 0 Å². The van der Waals surface area contributed by atoms with Crippen molar-refractivity contribution in [3.8, 4) is 0 Å². The van der Waals surface area contributed by atoms with E-state index in [1.807, 2.05) is 25.3 Å². The molecule has 1 fully saturated rings. The zero-order valence-electron chi connectivity index (χ0n) is 19.5. The molecule has 0 radical (unpaired) electrons. The summed E-state index contributed by atoms with van der Waals surface area (Å²) in [4.78, 5) is 15.9. The summed E-state index contributed by atoms with van der Waals surface area (Å²) in [7, 11) is 1.66. The Kier molecular flexibility index (Phi) is 9.06. The Morgan fingerprint density at radius 2 is 2.00 bits per heavy atom. The van der Waals surface area contributed by atoms with Crippen LogP contribution >= 0.6 is 0 Å². The van der Waals surface area contributed by atoms with Crippen LogP contribution in [-0.2, 0) is 20.9 Å². The summed E-state index contributed by atoms with van der Waals surface area (Å²) in [5.41, 5.74) is 5.19. The number of carboxylic acid groups (broad SMARTS) is 1. The first-order chi connectivity index (χ1) is 15.5. The lowest BCUT2D eigenvalue weighted by Gasteiger charge is -2.32. The number of aromatic nitrogens is 1. The third kappa shape index (κ3) is 6.30. The van der Waals surface area contributed by atoms with Gasteiger partial charge in [0.05, 0.1) is 30.6 Å². The minimum absolute atomic E-state index is 0.00698. The molecule has 1 aliphatic rings. The van der Waals surface area contributed by atoms with Crippen LogP contribution in [0.2, 0.25) is 0 Å². The monoisotopic (exact) mass is 440 g/mol. The number of anilines is 2. The Morgan fingerprint density at radius 3 is 2.59 bits per heavy atom. The third-order valence-corrected chi connectivity index (χ3v) is 6.53. The minimum atomic E-state index is -0.762. The Bertz CT molecular complexity index is 863. The molecule has 3 rings (SSSR count). The van der Waals surface area contributed by atoms with Gasteiger partial charge in [0.15, 0.2) is 0 Å². The summed E-state index contributed by atoms with van der Waals surface area (Å²) >= 11 is 0. The van der Waals surface area contributed by atoms with E-state index in [0.717, 1.165) is 61.5 Å². The molecule has 0 bridgehead atoms. The standard InChI is InChI=1S/C26H36N2O4/c1-4-18(15-26(29)30)20-6-9-24(23(5-2)19-10-12-32-13-11-19)25(14-20)28-21-7-8-22(17-31-3)27-16-21/h6-9,14,16,18-19,23,28H,4-5,10-13,15,17H2,1-3H3,(H,29,30)/t18-,23+/m1/s1. The Balaban J connectivity index is 1.96. The maximum Gasteiger partial charge on any atom is 0.303 e. The van der Waals surface area contributed by atoms with E-state index < -0.39 is 5.97 Å². The highest BCUT2D eigenvalue weighted by atomic mass is 16.5. The summed E-state index contributed by atoms with van der Waals surface area (Å²) in [6, 6.07) is 10.5. The zero-order valence-corrected chi connectivity index (χ0v) is 19.5. The van der Waals surface area contributed by atoms with E-state index in [-0.39, 0.29) is 12.3 Å². The first kappa shape index (κ1) is 24.2. The highest BCUT2D eigenvalue weighted by molar-refractivity contribution is 5.69. The van der Waals surface area contributed by atoms with Gasteiger partial charge in [-0.25, -0.2) is 0 Å². The van der Waals surface area contributed by atoms with Crippen molar-refractivity contribution in [2.24, 2.45) is 5.92 Å². The number of carbonyl (C=O) groups is 1. The van der Waals surface area contributed by atoms with Crippen LogP contribution in [0.25, 0.3) is 0 Å². The fourth-order valence-electron chi connectivity index (χ4n) is 4.78. The fourth-order valence-corrected chi connectivity index (χ4v) is 4.78. The van der Waals surface area contributed by atoms with Gasteiger partial charge in [0.2, 0.25) is 0 Å². The van der Waals surface area contributed by atoms with Gasteiger partial charge in [-0.3, -0.25) is 9.78 Å². The number of rotatable bonds is 11. The number of ether oxygens (including phenoxy) is 2. The first-order valence-corrected chi connectivity index (χ1v) is 11.7. The van der Waals surface area contributed by atoms with E-state index in [0.29, 0.717) is 18.4 Å². The summed E-state index contributed by atoms with van der Waals surface area (Å²) in [5, 5.41) is 12.9. The van der Waals surface area contributed by atoms with Crippen molar-refractivity contribution in [3.05, 3.63) is 53.3 Å². The second-order valence-corrected chi connectivity index (χ2v) is 8.61. The van der Waals surface area contributed by atoms with Crippen LogP contribution in [0, 0.1) is 5.92 Å². The molecular weight excluding hydrogens is 404 g/mol. The van der Waals surface area contributed by atoms with Gasteiger partial charge >= 0.3 is 5.97 Å². The van der Waals surface area contributed by atoms with E-state index in [4.69, 9.17) is 9.47 Å². The predicted molar refractivity (Wildman–Crippen MR) is 127 cm³/mol. The van der Waals surface area contributed by atoms with Crippen molar-refractivity contribution in [3.63, 3.8) is 0 Å². The summed E-state index contributed by atoms with van der Waals surface area (Å²) < 4.78 is 10.8. The molecule has 32 heavy (non-hydrogen) atoms. The topological polar surface area (TPSA) is 80.7 Å². The summed E-state index contributed by atoms with van der Waals surface area (Å²) in [5.74, 6) is 0.244. The lowest BCUT2D eigenvalue weighted by molar-refractivity contribution is -0.137. The molecule has 0 saturated carbocycles. The highest BCUT2D eigenvalue weighted by Crippen LogP contribution is 2.40. The van der Waals surface area contributed by atoms with Crippen LogP contribution in [-0.4, -0.2) is 36.4 Å². The van der Waals surface area contributed by atoms with Crippen LogP contribution in [0.1, 0.15) is 74.6 Å². The van der Waals surface area contributed by atoms with Crippen molar-refractivity contribution in [1.29, 1.82) is 0 Å². The second kappa shape index (κ2) is 12.0. The van der Waals surface area contributed by atoms with Gasteiger partial charge in [-0.1, -0.05) is 26.0 Å². The SMILES string of the molecule is CC[C@H](CC(=O)O)c1ccc([C@@H](CC)C2CCOCC2)c(Nc2ccc(COC)nc2)c1. The van der Waals surface area contributed by atoms with Crippen molar-refractivity contribution >= 4 is 17.3 Å². The van der Waals surface area contributed by atoms with Gasteiger partial charge in [-0.15, -0.1) is 0 Å². The van der Waals surface area contributed by atoms with Gasteiger partial charge in [0, 0.05) is 26.0 Å². The summed E-state index contributed by atoms with van der Waals surface area (Å²) in [6.07, 6.45) is 5.95. The molecule has 2 atom stereocenters. The second-order valence-electron chi connectivity index (χ2n) is 8.61. The molecule has 1 aliphatic heterocycles. The van der Waals surface area contributed by atoms with E-state index in [1.54, 1.807) is 7.11 Å². The number of nitrogens with one attached hydrogen (secondary N) is 1. The number of hydrogen-bond donors (Lipinski definition) is 2. The molecule has 1 aromatic carbocycles. The fraction of sp³-hybridized carbons (Fsp3) is 0.538. The van der Waals surface area contributed by atoms with E-state index in [1.165, 1.54) is 5.56 Å². The van der Waals surface area contributed by atoms with Crippen molar-refractivity contribution < 1.29 is 19.4 Å². The van der Waals surface area contributed by atoms with E-state index in [9.17, 15) is 9.90 Å². The Morgan fingerprint density at radius 1 is 1.22 bits per heavy atom. The Labute approximate surface area is 191 Å². The first-order valence-electron chi connectivity index (χ1n) is 11.7. The lowest BCUT2D eigenvalue weighted by atomic mass is 9.78. The number of aliphatic carboxylic acids is 1. The van der Waals surface area contributed by atoms with Gasteiger partial charge in [0.25, 0.3) is 0 Å². The highest BCUT2D eigenvalue weighted by Gasteiger charge is 2.27. The molecule has 6 nitrogen and oxygen atoms in total. The smallest absolute Gasteiger partial charge is 0.303 e. The molecule has 1 saturated heterocycles. The molecule has 0 aliphatic carbocycles. The lowest BCUT2D eigenvalue weighted by Crippen LogP contribution is -2.22. The maximum absolute atomic E-state index is 11.4. The molecule has 0 spiro atoms. The van der Waals surface area contributed by atoms with Crippen molar-refractivity contribution in [2.45, 2.75) is 64.4 Å². The van der Waals surface area contributed by atoms with Crippen LogP contribution in [0.15, 0.2) is 36.5 Å². The number of pyridine rings is 1. The van der Waals surface area contributed by atoms with Gasteiger partial charge < -0.3 is 19.9 Å². The van der Waals surface area contributed by atoms with Crippen LogP contribution in [0.3, 0.4) is 0 Å². The predicted octanol–water partition coefficient (Wildman–Crippen LogP) is 5.86. The van der Waals surface area contributed by atoms with Crippen LogP contribution in [0.5, 0.6) is 0 Å². The minimum Gasteiger partial charge on any atom is -0.481 e. The van der Waals surface area contributed by atoms with Crippen molar-refractivity contribution in [2.75, 3.05) is 25.6 Å². The molecule has 1 aromatic heterocycles. The van der Waals surface area contributed by atoms with Gasteiger partial charge in [0.1, 0.15) is 0 Å². The van der Waals surface area contributed by atoms with E-state index in [2.05, 4.69) is 35.4 Å². The van der Waals surface area contributed by atoms with Gasteiger partial charge in [-0.2, -0.15) is 0 Å². The zero-order chi connectivity index (χ0) is 22.9. The molecule has 6 heteroatoms. The maximum atomic E-state index is 11.4. The molecule has 2 heterocycles. The number of carboxylic acids is 1. The van der Waals surface area contributed by atoms with Crippen LogP contribution < -0.4 is 5.32 Å². The number of methoxy groups -OCH3 is 1. The molecule has 174 valence electrons. The Hall–Kier alpha value is -2.44. The average molecular weight is 441 g/mol. The normalized spacial score (nSPS) is 16.5. The van der Waals surface area contributed by atoms with Crippen LogP contribution in [0.4, 0.5) is 11.4 Å². The molecule has 0 amide bonds. The molecule has 2 aromatic rings. The number of benzene rings is 1. The summed E-state index contributed by atoms with van der Waals surface area (Å²) in [6.45, 7) is 6.42. The molecule has 0 unspecified atom stereocenters. The largest absolute Gasteiger partial charge is 0.481 e. The number of nitrogens with zero attached hydrogens (tertiary/aromatic N) is 1. The number of hydrogen-bond acceptors (Lipinski definition) is 5. The third-order valence-electron chi connectivity index (χ3n) is 6.53. The average Bonchev–Trinajstić information content (AvgIpc) is 2.81. The quantitative estimate of drug-likeness (QED) is 0.455. The van der Waals surface area contributed by atoms with Gasteiger partial charge in [-0.05, 0) is 72.8 Å². The van der Waals surface area contributed by atoms with Crippen molar-refractivity contribution in [1.82, 2.24) is 4.98 Å². The molecule has 2 N–H and O–H groups in total.